The summed E-state index contributed by atoms with van der Waals surface area (Å²) in [7, 11) is 0. The van der Waals surface area contributed by atoms with Crippen molar-refractivity contribution in [2.24, 2.45) is 0 Å². The van der Waals surface area contributed by atoms with Gasteiger partial charge in [0.15, 0.2) is 5.15 Å². The van der Waals surface area contributed by atoms with Gasteiger partial charge >= 0.3 is 0 Å². The predicted molar refractivity (Wildman–Crippen MR) is 117 cm³/mol. The van der Waals surface area contributed by atoms with E-state index in [1.54, 1.807) is 17.5 Å². The van der Waals surface area contributed by atoms with Crippen molar-refractivity contribution in [3.05, 3.63) is 82.2 Å². The third-order valence-electron chi connectivity index (χ3n) is 4.24. The van der Waals surface area contributed by atoms with Gasteiger partial charge in [-0.3, -0.25) is 24.8 Å². The molecule has 0 saturated carbocycles. The summed E-state index contributed by atoms with van der Waals surface area (Å²) in [5.41, 5.74) is 7.55. The van der Waals surface area contributed by atoms with Gasteiger partial charge in [0.1, 0.15) is 15.5 Å². The molecule has 0 saturated heterocycles. The normalized spacial score (nSPS) is 11.1. The van der Waals surface area contributed by atoms with Crippen LogP contribution in [0.2, 0.25) is 5.15 Å². The van der Waals surface area contributed by atoms with Gasteiger partial charge in [-0.2, -0.15) is 0 Å². The first kappa shape index (κ1) is 19.8. The number of nitrogens with zero attached hydrogens (tertiary/aromatic N) is 3. The number of carbonyl (C=O) groups is 2. The second-order valence-corrected chi connectivity index (χ2v) is 7.65. The van der Waals surface area contributed by atoms with Gasteiger partial charge in [0.2, 0.25) is 0 Å². The molecule has 0 bridgehead atoms. The predicted octanol–water partition coefficient (Wildman–Crippen LogP) is 3.89. The van der Waals surface area contributed by atoms with Crippen molar-refractivity contribution in [1.29, 1.82) is 0 Å². The lowest BCUT2D eigenvalue weighted by Gasteiger charge is -2.03. The highest BCUT2D eigenvalue weighted by atomic mass is 35.5. The second-order valence-electron chi connectivity index (χ2n) is 6.29. The average molecular weight is 438 g/mol. The smallest absolute Gasteiger partial charge is 0.281 e. The molecule has 7 nitrogen and oxygen atoms in total. The number of aryl methyl sites for hydroxylation is 1. The Bertz CT molecular complexity index is 1260. The topological polar surface area (TPSA) is 88.4 Å². The summed E-state index contributed by atoms with van der Waals surface area (Å²) in [6, 6.07) is 15.1. The first-order valence-electron chi connectivity index (χ1n) is 8.97. The van der Waals surface area contributed by atoms with Crippen LogP contribution in [-0.4, -0.2) is 26.2 Å². The molecule has 9 heteroatoms. The van der Waals surface area contributed by atoms with E-state index in [2.05, 4.69) is 20.8 Å². The van der Waals surface area contributed by atoms with Crippen LogP contribution in [0.1, 0.15) is 21.1 Å². The number of halogens is 1. The van der Waals surface area contributed by atoms with E-state index >= 15 is 0 Å². The number of thiazole rings is 1. The molecule has 1 aromatic carbocycles. The zero-order valence-electron chi connectivity index (χ0n) is 15.8. The maximum absolute atomic E-state index is 12.5. The lowest BCUT2D eigenvalue weighted by Crippen LogP contribution is -2.40. The van der Waals surface area contributed by atoms with Crippen LogP contribution in [0.3, 0.4) is 0 Å². The van der Waals surface area contributed by atoms with Gasteiger partial charge in [-0.25, -0.2) is 9.97 Å². The van der Waals surface area contributed by atoms with Crippen molar-refractivity contribution in [3.63, 3.8) is 0 Å². The summed E-state index contributed by atoms with van der Waals surface area (Å²) >= 11 is 7.40. The van der Waals surface area contributed by atoms with Crippen molar-refractivity contribution in [2.45, 2.75) is 6.92 Å². The number of benzene rings is 1. The maximum Gasteiger partial charge on any atom is 0.281 e. The van der Waals surface area contributed by atoms with Crippen molar-refractivity contribution in [2.75, 3.05) is 0 Å². The van der Waals surface area contributed by atoms with E-state index in [9.17, 15) is 9.59 Å². The molecule has 150 valence electrons. The van der Waals surface area contributed by atoms with Crippen LogP contribution >= 0.6 is 22.9 Å². The van der Waals surface area contributed by atoms with Crippen molar-refractivity contribution < 1.29 is 9.59 Å². The molecule has 0 fully saturated rings. The number of aromatic nitrogens is 3. The number of nitrogens with one attached hydrogen (secondary N) is 2. The van der Waals surface area contributed by atoms with Crippen LogP contribution in [0.5, 0.6) is 0 Å². The number of carbonyl (C=O) groups excluding carboxylic acids is 2. The molecule has 2 amide bonds. The second kappa shape index (κ2) is 8.48. The van der Waals surface area contributed by atoms with Gasteiger partial charge < -0.3 is 0 Å². The van der Waals surface area contributed by atoms with Crippen molar-refractivity contribution in [3.8, 4) is 10.6 Å². The zero-order valence-corrected chi connectivity index (χ0v) is 17.4. The Morgan fingerprint density at radius 3 is 2.63 bits per heavy atom. The van der Waals surface area contributed by atoms with Gasteiger partial charge in [-0.1, -0.05) is 48.0 Å². The molecule has 30 heavy (non-hydrogen) atoms. The molecule has 0 aliphatic rings. The lowest BCUT2D eigenvalue weighted by molar-refractivity contribution is -0.117. The van der Waals surface area contributed by atoms with E-state index in [1.165, 1.54) is 23.5 Å². The van der Waals surface area contributed by atoms with Crippen LogP contribution in [0.25, 0.3) is 22.3 Å². The largest absolute Gasteiger partial charge is 0.299 e. The molecular weight excluding hydrogens is 422 g/mol. The van der Waals surface area contributed by atoms with Crippen LogP contribution in [0, 0.1) is 6.92 Å². The molecule has 0 aliphatic carbocycles. The van der Waals surface area contributed by atoms with E-state index in [1.807, 2.05) is 48.5 Å². The Hall–Kier alpha value is -3.49. The molecule has 3 aromatic heterocycles. The van der Waals surface area contributed by atoms with E-state index in [0.717, 1.165) is 10.6 Å². The van der Waals surface area contributed by atoms with Gasteiger partial charge in [0.25, 0.3) is 11.8 Å². The minimum absolute atomic E-state index is 0.281. The number of amides is 2. The Kier molecular flexibility index (Phi) is 5.60. The summed E-state index contributed by atoms with van der Waals surface area (Å²) in [6.45, 7) is 1.76. The number of pyridine rings is 1. The molecule has 4 rings (SSSR count). The Labute approximate surface area is 181 Å². The molecule has 0 atom stereocenters. The summed E-state index contributed by atoms with van der Waals surface area (Å²) < 4.78 is 1.76. The number of imidazole rings is 1. The standard InChI is InChI=1S/C21H16ClN5O2S/c1-13-18(30-21(23-13)14-7-3-2-4-8-14)20(29)26-25-17(28)11-10-15-19(22)24-16-9-5-6-12-27(15)16/h2-12H,1H3,(H,25,28)(H,26,29)/b11-10+. The van der Waals surface area contributed by atoms with Gasteiger partial charge in [-0.05, 0) is 25.1 Å². The molecule has 0 spiro atoms. The monoisotopic (exact) mass is 437 g/mol. The van der Waals surface area contributed by atoms with Crippen molar-refractivity contribution >= 4 is 46.5 Å². The lowest BCUT2D eigenvalue weighted by atomic mass is 10.2. The van der Waals surface area contributed by atoms with Crippen molar-refractivity contribution in [1.82, 2.24) is 25.2 Å². The van der Waals surface area contributed by atoms with Gasteiger partial charge in [0, 0.05) is 17.8 Å². The summed E-state index contributed by atoms with van der Waals surface area (Å²) in [6.07, 6.45) is 4.61. The quantitative estimate of drug-likeness (QED) is 0.374. The van der Waals surface area contributed by atoms with Crippen LogP contribution in [0.15, 0.2) is 60.8 Å². The summed E-state index contributed by atoms with van der Waals surface area (Å²) in [5.74, 6) is -0.933. The first-order chi connectivity index (χ1) is 14.5. The molecule has 0 radical (unpaired) electrons. The van der Waals surface area contributed by atoms with Gasteiger partial charge in [-0.15, -0.1) is 11.3 Å². The average Bonchev–Trinajstić information content (AvgIpc) is 3.30. The fraction of sp³-hybridized carbons (Fsp3) is 0.0476. The minimum Gasteiger partial charge on any atom is -0.299 e. The third-order valence-corrected chi connectivity index (χ3v) is 5.72. The van der Waals surface area contributed by atoms with Crippen LogP contribution < -0.4 is 10.9 Å². The molecule has 2 N–H and O–H groups in total. The highest BCUT2D eigenvalue weighted by Crippen LogP contribution is 2.27. The Morgan fingerprint density at radius 2 is 1.83 bits per heavy atom. The maximum atomic E-state index is 12.5. The zero-order chi connectivity index (χ0) is 21.1. The first-order valence-corrected chi connectivity index (χ1v) is 10.2. The third kappa shape index (κ3) is 4.10. The number of rotatable bonds is 4. The highest BCUT2D eigenvalue weighted by Gasteiger charge is 2.16. The van der Waals surface area contributed by atoms with Crippen LogP contribution in [-0.2, 0) is 4.79 Å². The van der Waals surface area contributed by atoms with E-state index in [-0.39, 0.29) is 5.15 Å². The van der Waals surface area contributed by atoms with E-state index in [0.29, 0.717) is 21.9 Å². The number of hydrogen-bond donors (Lipinski definition) is 2. The SMILES string of the molecule is Cc1nc(-c2ccccc2)sc1C(=O)NNC(=O)/C=C/c1c(Cl)nc2ccccn12. The summed E-state index contributed by atoms with van der Waals surface area (Å²) in [4.78, 5) is 33.7. The van der Waals surface area contributed by atoms with E-state index < -0.39 is 11.8 Å². The number of hydrazine groups is 1. The molecule has 0 aliphatic heterocycles. The molecule has 3 heterocycles. The number of hydrogen-bond acceptors (Lipinski definition) is 5. The molecular formula is C21H16ClN5O2S. The van der Waals surface area contributed by atoms with Gasteiger partial charge in [0.05, 0.1) is 11.4 Å². The minimum atomic E-state index is -0.504. The highest BCUT2D eigenvalue weighted by molar-refractivity contribution is 7.17. The summed E-state index contributed by atoms with van der Waals surface area (Å²) in [5, 5.41) is 1.02. The van der Waals surface area contributed by atoms with Crippen LogP contribution in [0.4, 0.5) is 0 Å². The molecule has 4 aromatic rings. The number of fused-ring (bicyclic) bond motifs is 1. The Morgan fingerprint density at radius 1 is 1.07 bits per heavy atom. The van der Waals surface area contributed by atoms with E-state index in [4.69, 9.17) is 11.6 Å². The fourth-order valence-corrected chi connectivity index (χ4v) is 4.03. The fourth-order valence-electron chi connectivity index (χ4n) is 2.82. The molecule has 0 unspecified atom stereocenters. The Balaban J connectivity index is 1.42.